The molecule has 1 aromatic heterocycles. The summed E-state index contributed by atoms with van der Waals surface area (Å²) in [5.41, 5.74) is 6.81. The quantitative estimate of drug-likeness (QED) is 0.847. The molecule has 0 aliphatic heterocycles. The molecule has 2 rings (SSSR count). The summed E-state index contributed by atoms with van der Waals surface area (Å²) in [6.07, 6.45) is 2.10. The second kappa shape index (κ2) is 6.92. The topological polar surface area (TPSA) is 65.2 Å². The maximum atomic E-state index is 11.7. The van der Waals surface area contributed by atoms with Crippen molar-refractivity contribution in [3.8, 4) is 0 Å². The third kappa shape index (κ3) is 4.39. The number of carbonyl (C=O) groups is 1. The Morgan fingerprint density at radius 1 is 1.21 bits per heavy atom. The lowest BCUT2D eigenvalue weighted by Crippen LogP contribution is -2.33. The van der Waals surface area contributed by atoms with Crippen LogP contribution >= 0.6 is 12.0 Å². The first-order valence-corrected chi connectivity index (χ1v) is 6.59. The molecule has 2 aromatic rings. The Morgan fingerprint density at radius 3 is 2.63 bits per heavy atom. The molecule has 0 bridgehead atoms. The standard InChI is InChI=1S/C14H14N2O2S/c15-12(10-11-6-2-1-3-7-11)14(17)18-19-13-8-4-5-9-16-13/h1-9,12H,10,15H2/t12-/m0/s1. The molecule has 0 saturated heterocycles. The van der Waals surface area contributed by atoms with Gasteiger partial charge in [-0.2, -0.15) is 0 Å². The van der Waals surface area contributed by atoms with Gasteiger partial charge >= 0.3 is 5.97 Å². The summed E-state index contributed by atoms with van der Waals surface area (Å²) in [6.45, 7) is 0. The number of nitrogens with two attached hydrogens (primary N) is 1. The highest BCUT2D eigenvalue weighted by atomic mass is 32.2. The average molecular weight is 274 g/mol. The zero-order chi connectivity index (χ0) is 13.5. The first-order valence-electron chi connectivity index (χ1n) is 5.84. The molecule has 0 amide bonds. The van der Waals surface area contributed by atoms with Crippen LogP contribution in [-0.4, -0.2) is 17.0 Å². The van der Waals surface area contributed by atoms with E-state index in [1.807, 2.05) is 36.4 Å². The Kier molecular flexibility index (Phi) is 4.94. The van der Waals surface area contributed by atoms with Crippen LogP contribution in [-0.2, 0) is 15.4 Å². The molecule has 0 aliphatic rings. The van der Waals surface area contributed by atoms with Crippen LogP contribution in [0.5, 0.6) is 0 Å². The average Bonchev–Trinajstić information content (AvgIpc) is 2.47. The van der Waals surface area contributed by atoms with Gasteiger partial charge in [-0.3, -0.25) is 0 Å². The molecule has 98 valence electrons. The maximum absolute atomic E-state index is 11.7. The summed E-state index contributed by atoms with van der Waals surface area (Å²) in [5, 5.41) is 0.628. The van der Waals surface area contributed by atoms with Gasteiger partial charge in [0.05, 0.1) is 0 Å². The van der Waals surface area contributed by atoms with E-state index in [9.17, 15) is 4.79 Å². The highest BCUT2D eigenvalue weighted by Crippen LogP contribution is 2.16. The Morgan fingerprint density at radius 2 is 1.95 bits per heavy atom. The van der Waals surface area contributed by atoms with E-state index >= 15 is 0 Å². The summed E-state index contributed by atoms with van der Waals surface area (Å²) < 4.78 is 5.05. The van der Waals surface area contributed by atoms with Crippen LogP contribution < -0.4 is 5.73 Å². The first kappa shape index (κ1) is 13.6. The van der Waals surface area contributed by atoms with Gasteiger partial charge in [-0.05, 0) is 24.1 Å². The molecule has 5 heteroatoms. The van der Waals surface area contributed by atoms with Crippen molar-refractivity contribution < 1.29 is 8.98 Å². The molecular formula is C14H14N2O2S. The minimum absolute atomic E-state index is 0.445. The number of nitrogens with zero attached hydrogens (tertiary/aromatic N) is 1. The lowest BCUT2D eigenvalue weighted by atomic mass is 10.1. The van der Waals surface area contributed by atoms with E-state index in [0.717, 1.165) is 17.6 Å². The van der Waals surface area contributed by atoms with Crippen LogP contribution in [0.4, 0.5) is 0 Å². The van der Waals surface area contributed by atoms with Crippen molar-refractivity contribution in [2.24, 2.45) is 5.73 Å². The molecule has 0 aliphatic carbocycles. The SMILES string of the molecule is N[C@@H](Cc1ccccc1)C(=O)OSc1ccccn1. The predicted molar refractivity (Wildman–Crippen MR) is 74.3 cm³/mol. The summed E-state index contributed by atoms with van der Waals surface area (Å²) >= 11 is 0.927. The number of hydrogen-bond acceptors (Lipinski definition) is 5. The van der Waals surface area contributed by atoms with E-state index in [2.05, 4.69) is 4.98 Å². The van der Waals surface area contributed by atoms with Gasteiger partial charge in [0.25, 0.3) is 0 Å². The largest absolute Gasteiger partial charge is 0.383 e. The molecular weight excluding hydrogens is 260 g/mol. The Labute approximate surface area is 116 Å². The maximum Gasteiger partial charge on any atom is 0.335 e. The zero-order valence-electron chi connectivity index (χ0n) is 10.2. The lowest BCUT2D eigenvalue weighted by Gasteiger charge is -2.09. The Hall–Kier alpha value is -1.85. The van der Waals surface area contributed by atoms with Crippen LogP contribution in [0.25, 0.3) is 0 Å². The van der Waals surface area contributed by atoms with Gasteiger partial charge in [-0.15, -0.1) is 0 Å². The van der Waals surface area contributed by atoms with Crippen molar-refractivity contribution in [2.75, 3.05) is 0 Å². The normalized spacial score (nSPS) is 11.8. The van der Waals surface area contributed by atoms with Crippen molar-refractivity contribution in [1.82, 2.24) is 4.98 Å². The third-order valence-corrected chi connectivity index (χ3v) is 3.11. The second-order valence-electron chi connectivity index (χ2n) is 3.95. The highest BCUT2D eigenvalue weighted by Gasteiger charge is 2.16. The molecule has 0 radical (unpaired) electrons. The van der Waals surface area contributed by atoms with Gasteiger partial charge in [-0.25, -0.2) is 9.78 Å². The number of hydrogen-bond donors (Lipinski definition) is 1. The summed E-state index contributed by atoms with van der Waals surface area (Å²) in [6, 6.07) is 14.3. The van der Waals surface area contributed by atoms with Gasteiger partial charge in [0.15, 0.2) is 0 Å². The summed E-state index contributed by atoms with van der Waals surface area (Å²) in [5.74, 6) is -0.445. The van der Waals surface area contributed by atoms with E-state index in [1.54, 1.807) is 18.3 Å². The molecule has 1 heterocycles. The van der Waals surface area contributed by atoms with Gasteiger partial charge in [0.1, 0.15) is 23.1 Å². The van der Waals surface area contributed by atoms with Crippen LogP contribution in [0.1, 0.15) is 5.56 Å². The molecule has 0 unspecified atom stereocenters. The zero-order valence-corrected chi connectivity index (χ0v) is 11.0. The Bertz CT molecular complexity index is 519. The molecule has 0 spiro atoms. The van der Waals surface area contributed by atoms with Crippen molar-refractivity contribution in [1.29, 1.82) is 0 Å². The van der Waals surface area contributed by atoms with E-state index in [-0.39, 0.29) is 0 Å². The van der Waals surface area contributed by atoms with Crippen molar-refractivity contribution in [3.05, 3.63) is 60.3 Å². The third-order valence-electron chi connectivity index (χ3n) is 2.45. The molecule has 2 N–H and O–H groups in total. The number of aromatic nitrogens is 1. The molecule has 19 heavy (non-hydrogen) atoms. The van der Waals surface area contributed by atoms with Crippen molar-refractivity contribution >= 4 is 18.0 Å². The van der Waals surface area contributed by atoms with Crippen LogP contribution in [0.15, 0.2) is 59.8 Å². The predicted octanol–water partition coefficient (Wildman–Crippen LogP) is 2.20. The monoisotopic (exact) mass is 274 g/mol. The fraction of sp³-hybridized carbons (Fsp3) is 0.143. The van der Waals surface area contributed by atoms with E-state index < -0.39 is 12.0 Å². The minimum Gasteiger partial charge on any atom is -0.383 e. The summed E-state index contributed by atoms with van der Waals surface area (Å²) in [7, 11) is 0. The summed E-state index contributed by atoms with van der Waals surface area (Å²) in [4.78, 5) is 15.8. The molecule has 0 saturated carbocycles. The number of rotatable bonds is 5. The fourth-order valence-corrected chi connectivity index (χ4v) is 2.02. The highest BCUT2D eigenvalue weighted by molar-refractivity contribution is 7.95. The van der Waals surface area contributed by atoms with E-state index in [1.165, 1.54) is 0 Å². The van der Waals surface area contributed by atoms with Crippen LogP contribution in [0.3, 0.4) is 0 Å². The smallest absolute Gasteiger partial charge is 0.335 e. The van der Waals surface area contributed by atoms with Crippen molar-refractivity contribution in [2.45, 2.75) is 17.5 Å². The van der Waals surface area contributed by atoms with E-state index in [0.29, 0.717) is 11.4 Å². The molecule has 4 nitrogen and oxygen atoms in total. The minimum atomic E-state index is -0.668. The lowest BCUT2D eigenvalue weighted by molar-refractivity contribution is -0.134. The fourth-order valence-electron chi connectivity index (χ4n) is 1.49. The molecule has 0 fully saturated rings. The van der Waals surface area contributed by atoms with Crippen molar-refractivity contribution in [3.63, 3.8) is 0 Å². The van der Waals surface area contributed by atoms with Crippen LogP contribution in [0, 0.1) is 0 Å². The Balaban J connectivity index is 1.83. The number of carbonyl (C=O) groups excluding carboxylic acids is 1. The second-order valence-corrected chi connectivity index (χ2v) is 4.70. The molecule has 1 aromatic carbocycles. The van der Waals surface area contributed by atoms with Crippen LogP contribution in [0.2, 0.25) is 0 Å². The number of pyridine rings is 1. The number of benzene rings is 1. The van der Waals surface area contributed by atoms with E-state index in [4.69, 9.17) is 9.92 Å². The molecule has 1 atom stereocenters. The van der Waals surface area contributed by atoms with Gasteiger partial charge < -0.3 is 9.92 Å². The first-order chi connectivity index (χ1) is 9.25. The van der Waals surface area contributed by atoms with Gasteiger partial charge in [0.2, 0.25) is 0 Å². The van der Waals surface area contributed by atoms with Gasteiger partial charge in [-0.1, -0.05) is 36.4 Å². The van der Waals surface area contributed by atoms with Gasteiger partial charge in [0, 0.05) is 6.20 Å².